The van der Waals surface area contributed by atoms with Gasteiger partial charge in [-0.05, 0) is 31.9 Å². The van der Waals surface area contributed by atoms with Crippen molar-refractivity contribution < 1.29 is 23.4 Å². The summed E-state index contributed by atoms with van der Waals surface area (Å²) in [4.78, 5) is 13.7. The van der Waals surface area contributed by atoms with Crippen LogP contribution in [0.3, 0.4) is 0 Å². The van der Waals surface area contributed by atoms with Gasteiger partial charge in [0.2, 0.25) is 0 Å². The first-order valence-electron chi connectivity index (χ1n) is 6.56. The third-order valence-corrected chi connectivity index (χ3v) is 3.33. The van der Waals surface area contributed by atoms with Gasteiger partial charge in [0.05, 0.1) is 6.10 Å². The van der Waals surface area contributed by atoms with Gasteiger partial charge in [-0.2, -0.15) is 0 Å². The first-order chi connectivity index (χ1) is 9.47. The number of hydrogen-bond acceptors (Lipinski definition) is 3. The van der Waals surface area contributed by atoms with E-state index in [0.29, 0.717) is 25.9 Å². The quantitative estimate of drug-likeness (QED) is 0.920. The summed E-state index contributed by atoms with van der Waals surface area (Å²) in [6, 6.07) is 3.15. The number of halogens is 2. The van der Waals surface area contributed by atoms with Crippen LogP contribution in [-0.4, -0.2) is 41.2 Å². The van der Waals surface area contributed by atoms with Gasteiger partial charge in [-0.15, -0.1) is 0 Å². The number of ether oxygens (including phenoxy) is 1. The lowest BCUT2D eigenvalue weighted by Gasteiger charge is -2.31. The van der Waals surface area contributed by atoms with Gasteiger partial charge in [-0.25, -0.2) is 8.78 Å². The molecule has 6 heteroatoms. The van der Waals surface area contributed by atoms with Crippen LogP contribution in [0.15, 0.2) is 18.2 Å². The molecule has 1 fully saturated rings. The summed E-state index contributed by atoms with van der Waals surface area (Å²) in [7, 11) is 0. The van der Waals surface area contributed by atoms with Crippen molar-refractivity contribution in [3.63, 3.8) is 0 Å². The molecule has 110 valence electrons. The number of piperidine rings is 1. The summed E-state index contributed by atoms with van der Waals surface area (Å²) in [5.41, 5.74) is 0. The molecule has 0 radical (unpaired) electrons. The van der Waals surface area contributed by atoms with E-state index in [1.165, 1.54) is 6.07 Å². The summed E-state index contributed by atoms with van der Waals surface area (Å²) in [5.74, 6) is -2.08. The van der Waals surface area contributed by atoms with E-state index in [4.69, 9.17) is 4.74 Å². The van der Waals surface area contributed by atoms with Crippen LogP contribution >= 0.6 is 0 Å². The normalized spacial score (nSPS) is 17.9. The Balaban J connectivity index is 1.95. The lowest BCUT2D eigenvalue weighted by Crippen LogP contribution is -2.45. The molecule has 1 saturated heterocycles. The van der Waals surface area contributed by atoms with Crippen LogP contribution in [0, 0.1) is 11.6 Å². The molecule has 1 heterocycles. The molecule has 0 spiro atoms. The van der Waals surface area contributed by atoms with Gasteiger partial charge in [0.15, 0.2) is 17.7 Å². The number of aliphatic hydroxyl groups is 1. The Morgan fingerprint density at radius 1 is 1.35 bits per heavy atom. The van der Waals surface area contributed by atoms with Crippen LogP contribution in [-0.2, 0) is 4.79 Å². The Morgan fingerprint density at radius 3 is 2.60 bits per heavy atom. The topological polar surface area (TPSA) is 49.8 Å². The van der Waals surface area contributed by atoms with Crippen LogP contribution in [0.5, 0.6) is 5.75 Å². The number of aliphatic hydroxyl groups excluding tert-OH is 1. The fourth-order valence-corrected chi connectivity index (χ4v) is 2.15. The molecule has 1 aromatic carbocycles. The largest absolute Gasteiger partial charge is 0.481 e. The Hall–Kier alpha value is -1.69. The number of hydrogen-bond donors (Lipinski definition) is 1. The van der Waals surface area contributed by atoms with Crippen molar-refractivity contribution >= 4 is 5.91 Å². The monoisotopic (exact) mass is 285 g/mol. The zero-order valence-corrected chi connectivity index (χ0v) is 11.2. The summed E-state index contributed by atoms with van der Waals surface area (Å²) in [5, 5.41) is 9.39. The predicted octanol–water partition coefficient (Wildman–Crippen LogP) is 1.72. The molecule has 1 N–H and O–H groups in total. The van der Waals surface area contributed by atoms with Gasteiger partial charge in [0, 0.05) is 19.2 Å². The van der Waals surface area contributed by atoms with E-state index in [0.717, 1.165) is 12.1 Å². The highest BCUT2D eigenvalue weighted by molar-refractivity contribution is 5.81. The number of nitrogens with zero attached hydrogens (tertiary/aromatic N) is 1. The highest BCUT2D eigenvalue weighted by atomic mass is 19.2. The molecule has 1 unspecified atom stereocenters. The van der Waals surface area contributed by atoms with E-state index >= 15 is 0 Å². The third kappa shape index (κ3) is 3.45. The number of benzene rings is 1. The molecule has 1 aromatic rings. The third-order valence-electron chi connectivity index (χ3n) is 3.33. The molecule has 1 aliphatic heterocycles. The summed E-state index contributed by atoms with van der Waals surface area (Å²) >= 11 is 0. The molecule has 2 rings (SSSR count). The van der Waals surface area contributed by atoms with Crippen molar-refractivity contribution in [3.8, 4) is 5.75 Å². The molecule has 0 saturated carbocycles. The van der Waals surface area contributed by atoms with Crippen LogP contribution in [0.4, 0.5) is 8.78 Å². The second-order valence-electron chi connectivity index (χ2n) is 4.89. The van der Waals surface area contributed by atoms with Crippen molar-refractivity contribution in [2.45, 2.75) is 32.0 Å². The minimum Gasteiger partial charge on any atom is -0.481 e. The van der Waals surface area contributed by atoms with Crippen LogP contribution in [0.1, 0.15) is 19.8 Å². The van der Waals surface area contributed by atoms with Crippen molar-refractivity contribution in [3.05, 3.63) is 29.8 Å². The van der Waals surface area contributed by atoms with Gasteiger partial charge < -0.3 is 14.7 Å². The van der Waals surface area contributed by atoms with E-state index in [9.17, 15) is 18.7 Å². The molecular weight excluding hydrogens is 268 g/mol. The maximum Gasteiger partial charge on any atom is 0.263 e. The fraction of sp³-hybridized carbons (Fsp3) is 0.500. The molecule has 0 aromatic heterocycles. The van der Waals surface area contributed by atoms with Crippen molar-refractivity contribution in [1.82, 2.24) is 4.90 Å². The van der Waals surface area contributed by atoms with E-state index in [-0.39, 0.29) is 17.8 Å². The number of amides is 1. The molecule has 1 amide bonds. The van der Waals surface area contributed by atoms with Crippen LogP contribution < -0.4 is 4.74 Å². The maximum atomic E-state index is 13.1. The predicted molar refractivity (Wildman–Crippen MR) is 68.3 cm³/mol. The number of rotatable bonds is 3. The van der Waals surface area contributed by atoms with Gasteiger partial charge >= 0.3 is 0 Å². The van der Waals surface area contributed by atoms with E-state index in [1.807, 2.05) is 0 Å². The van der Waals surface area contributed by atoms with Crippen LogP contribution in [0.25, 0.3) is 0 Å². The van der Waals surface area contributed by atoms with E-state index < -0.39 is 17.7 Å². The second kappa shape index (κ2) is 6.17. The van der Waals surface area contributed by atoms with Gasteiger partial charge in [-0.1, -0.05) is 0 Å². The second-order valence-corrected chi connectivity index (χ2v) is 4.89. The minimum absolute atomic E-state index is 0.113. The lowest BCUT2D eigenvalue weighted by molar-refractivity contribution is -0.139. The molecule has 1 aliphatic rings. The molecule has 20 heavy (non-hydrogen) atoms. The van der Waals surface area contributed by atoms with Gasteiger partial charge in [0.25, 0.3) is 5.91 Å². The number of likely N-dealkylation sites (tertiary alicyclic amines) is 1. The first-order valence-corrected chi connectivity index (χ1v) is 6.56. The van der Waals surface area contributed by atoms with Crippen LogP contribution in [0.2, 0.25) is 0 Å². The molecular formula is C14H17F2NO3. The zero-order valence-electron chi connectivity index (χ0n) is 11.2. The van der Waals surface area contributed by atoms with Gasteiger partial charge in [0.1, 0.15) is 5.75 Å². The van der Waals surface area contributed by atoms with Crippen molar-refractivity contribution in [2.75, 3.05) is 13.1 Å². The first kappa shape index (κ1) is 14.7. The smallest absolute Gasteiger partial charge is 0.263 e. The molecule has 4 nitrogen and oxygen atoms in total. The molecule has 0 aliphatic carbocycles. The maximum absolute atomic E-state index is 13.1. The van der Waals surface area contributed by atoms with Crippen molar-refractivity contribution in [2.24, 2.45) is 0 Å². The van der Waals surface area contributed by atoms with E-state index in [1.54, 1.807) is 11.8 Å². The molecule has 0 bridgehead atoms. The summed E-state index contributed by atoms with van der Waals surface area (Å²) in [6.07, 6.45) is -0.0515. The summed E-state index contributed by atoms with van der Waals surface area (Å²) in [6.45, 7) is 2.52. The Morgan fingerprint density at radius 2 is 2.00 bits per heavy atom. The minimum atomic E-state index is -1.01. The fourth-order valence-electron chi connectivity index (χ4n) is 2.15. The average Bonchev–Trinajstić information content (AvgIpc) is 2.43. The highest BCUT2D eigenvalue weighted by Gasteiger charge is 2.26. The Labute approximate surface area is 116 Å². The lowest BCUT2D eigenvalue weighted by atomic mass is 10.1. The molecule has 1 atom stereocenters. The number of carbonyl (C=O) groups excluding carboxylic acids is 1. The standard InChI is InChI=1S/C14H17F2NO3/c1-9(14(19)17-6-4-10(18)5-7-17)20-11-2-3-12(15)13(16)8-11/h2-3,8-10,18H,4-7H2,1H3. The SMILES string of the molecule is CC(Oc1ccc(F)c(F)c1)C(=O)N1CCC(O)CC1. The van der Waals surface area contributed by atoms with Gasteiger partial charge in [-0.3, -0.25) is 4.79 Å². The highest BCUT2D eigenvalue weighted by Crippen LogP contribution is 2.18. The summed E-state index contributed by atoms with van der Waals surface area (Å²) < 4.78 is 31.2. The number of carbonyl (C=O) groups is 1. The zero-order chi connectivity index (χ0) is 14.7. The Kier molecular flexibility index (Phi) is 4.54. The van der Waals surface area contributed by atoms with Crippen molar-refractivity contribution in [1.29, 1.82) is 0 Å². The Bertz CT molecular complexity index is 487. The van der Waals surface area contributed by atoms with E-state index in [2.05, 4.69) is 0 Å². The average molecular weight is 285 g/mol.